The Morgan fingerprint density at radius 2 is 2.00 bits per heavy atom. The SMILES string of the molecule is C=C[C@@H]1C(=C)CC[C@@H]2[C@H]1CC[C@H]1[C@@]2(C)CCC[C@@]1(C)C(=O)O. The first-order valence-electron chi connectivity index (χ1n) is 8.88. The summed E-state index contributed by atoms with van der Waals surface area (Å²) in [5, 5.41) is 9.86. The smallest absolute Gasteiger partial charge is 0.309 e. The summed E-state index contributed by atoms with van der Waals surface area (Å²) >= 11 is 0. The van der Waals surface area contributed by atoms with E-state index >= 15 is 0 Å². The summed E-state index contributed by atoms with van der Waals surface area (Å²) in [5.41, 5.74) is 0.988. The summed E-state index contributed by atoms with van der Waals surface area (Å²) in [6, 6.07) is 0. The molecule has 3 fully saturated rings. The van der Waals surface area contributed by atoms with Crippen molar-refractivity contribution in [1.82, 2.24) is 0 Å². The molecule has 0 aromatic carbocycles. The van der Waals surface area contributed by atoms with E-state index in [2.05, 4.69) is 26.2 Å². The molecule has 0 spiro atoms. The van der Waals surface area contributed by atoms with E-state index in [0.717, 1.165) is 32.1 Å². The highest BCUT2D eigenvalue weighted by Gasteiger charge is 2.59. The number of carboxylic acid groups (broad SMARTS) is 1. The zero-order valence-corrected chi connectivity index (χ0v) is 14.1. The molecule has 0 bridgehead atoms. The van der Waals surface area contributed by atoms with Gasteiger partial charge in [0.15, 0.2) is 0 Å². The minimum absolute atomic E-state index is 0.177. The van der Waals surface area contributed by atoms with Gasteiger partial charge in [0.2, 0.25) is 0 Å². The van der Waals surface area contributed by atoms with Crippen molar-refractivity contribution in [3.63, 3.8) is 0 Å². The first-order chi connectivity index (χ1) is 10.3. The standard InChI is InChI=1S/C20H30O2/c1-5-14-13(2)7-9-16-15(14)8-10-17-19(16,3)11-6-12-20(17,4)18(21)22/h5,14-17H,1-2,6-12H2,3-4H3,(H,21,22)/t14-,15+,16-,17+,19+,20-/m1/s1. The van der Waals surface area contributed by atoms with Crippen molar-refractivity contribution in [2.75, 3.05) is 0 Å². The molecule has 0 aromatic heterocycles. The van der Waals surface area contributed by atoms with Crippen LogP contribution in [0.25, 0.3) is 0 Å². The van der Waals surface area contributed by atoms with Gasteiger partial charge in [-0.15, -0.1) is 6.58 Å². The lowest BCUT2D eigenvalue weighted by molar-refractivity contribution is -0.172. The third-order valence-electron chi connectivity index (χ3n) is 7.58. The average Bonchev–Trinajstić information content (AvgIpc) is 2.46. The molecule has 3 aliphatic rings. The van der Waals surface area contributed by atoms with E-state index in [9.17, 15) is 9.90 Å². The number of carbonyl (C=O) groups is 1. The lowest BCUT2D eigenvalue weighted by Gasteiger charge is -2.61. The van der Waals surface area contributed by atoms with Gasteiger partial charge >= 0.3 is 5.97 Å². The van der Waals surface area contributed by atoms with E-state index in [0.29, 0.717) is 23.7 Å². The molecule has 22 heavy (non-hydrogen) atoms. The molecule has 3 aliphatic carbocycles. The van der Waals surface area contributed by atoms with Crippen LogP contribution in [-0.4, -0.2) is 11.1 Å². The molecule has 1 N–H and O–H groups in total. The summed E-state index contributed by atoms with van der Waals surface area (Å²) in [4.78, 5) is 12.0. The largest absolute Gasteiger partial charge is 0.481 e. The van der Waals surface area contributed by atoms with Crippen molar-refractivity contribution >= 4 is 5.97 Å². The Kier molecular flexibility index (Phi) is 3.78. The highest BCUT2D eigenvalue weighted by Crippen LogP contribution is 2.65. The molecule has 6 atom stereocenters. The molecule has 0 amide bonds. The third-order valence-corrected chi connectivity index (χ3v) is 7.58. The fraction of sp³-hybridized carbons (Fsp3) is 0.750. The zero-order chi connectivity index (χ0) is 16.1. The van der Waals surface area contributed by atoms with Crippen molar-refractivity contribution in [3.8, 4) is 0 Å². The van der Waals surface area contributed by atoms with Crippen LogP contribution in [-0.2, 0) is 4.79 Å². The van der Waals surface area contributed by atoms with E-state index in [1.807, 2.05) is 6.92 Å². The first-order valence-corrected chi connectivity index (χ1v) is 8.88. The molecule has 122 valence electrons. The fourth-order valence-electron chi connectivity index (χ4n) is 6.44. The topological polar surface area (TPSA) is 37.3 Å². The molecular formula is C20H30O2. The van der Waals surface area contributed by atoms with Crippen LogP contribution in [0.5, 0.6) is 0 Å². The predicted molar refractivity (Wildman–Crippen MR) is 89.5 cm³/mol. The van der Waals surface area contributed by atoms with Crippen molar-refractivity contribution in [2.24, 2.45) is 34.5 Å². The highest BCUT2D eigenvalue weighted by molar-refractivity contribution is 5.75. The lowest BCUT2D eigenvalue weighted by Crippen LogP contribution is -2.56. The fourth-order valence-corrected chi connectivity index (χ4v) is 6.44. The number of rotatable bonds is 2. The molecular weight excluding hydrogens is 272 g/mol. The molecule has 0 saturated heterocycles. The number of hydrogen-bond donors (Lipinski definition) is 1. The molecule has 0 radical (unpaired) electrons. The van der Waals surface area contributed by atoms with Gasteiger partial charge in [-0.25, -0.2) is 0 Å². The normalized spacial score (nSPS) is 48.2. The minimum Gasteiger partial charge on any atom is -0.481 e. The van der Waals surface area contributed by atoms with Gasteiger partial charge < -0.3 is 5.11 Å². The minimum atomic E-state index is -0.581. The number of carboxylic acids is 1. The number of allylic oxidation sites excluding steroid dienone is 2. The van der Waals surface area contributed by atoms with Crippen molar-refractivity contribution in [2.45, 2.75) is 58.8 Å². The van der Waals surface area contributed by atoms with Crippen LogP contribution in [0, 0.1) is 34.5 Å². The molecule has 0 unspecified atom stereocenters. The van der Waals surface area contributed by atoms with E-state index in [-0.39, 0.29) is 5.41 Å². The Morgan fingerprint density at radius 1 is 1.27 bits per heavy atom. The highest BCUT2D eigenvalue weighted by atomic mass is 16.4. The summed E-state index contributed by atoms with van der Waals surface area (Å²) in [6.07, 6.45) is 9.67. The number of fused-ring (bicyclic) bond motifs is 3. The second kappa shape index (κ2) is 5.25. The van der Waals surface area contributed by atoms with Gasteiger partial charge in [-0.2, -0.15) is 0 Å². The maximum Gasteiger partial charge on any atom is 0.309 e. The zero-order valence-electron chi connectivity index (χ0n) is 14.1. The Hall–Kier alpha value is -1.05. The summed E-state index contributed by atoms with van der Waals surface area (Å²) < 4.78 is 0. The monoisotopic (exact) mass is 302 g/mol. The van der Waals surface area contributed by atoms with E-state index in [1.165, 1.54) is 18.4 Å². The van der Waals surface area contributed by atoms with Crippen molar-refractivity contribution < 1.29 is 9.90 Å². The second-order valence-electron chi connectivity index (χ2n) is 8.44. The summed E-state index contributed by atoms with van der Waals surface area (Å²) in [7, 11) is 0. The van der Waals surface area contributed by atoms with Crippen LogP contribution >= 0.6 is 0 Å². The van der Waals surface area contributed by atoms with Gasteiger partial charge in [0, 0.05) is 5.92 Å². The number of hydrogen-bond acceptors (Lipinski definition) is 1. The number of aliphatic carboxylic acids is 1. The average molecular weight is 302 g/mol. The Balaban J connectivity index is 1.97. The van der Waals surface area contributed by atoms with Gasteiger partial charge in [-0.3, -0.25) is 4.79 Å². The maximum absolute atomic E-state index is 12.0. The van der Waals surface area contributed by atoms with E-state index in [4.69, 9.17) is 0 Å². The second-order valence-corrected chi connectivity index (χ2v) is 8.44. The van der Waals surface area contributed by atoms with Crippen LogP contribution in [0.4, 0.5) is 0 Å². The van der Waals surface area contributed by atoms with Gasteiger partial charge in [0.1, 0.15) is 0 Å². The van der Waals surface area contributed by atoms with Crippen molar-refractivity contribution in [1.29, 1.82) is 0 Å². The van der Waals surface area contributed by atoms with Crippen LogP contribution in [0.2, 0.25) is 0 Å². The Morgan fingerprint density at radius 3 is 2.64 bits per heavy atom. The van der Waals surface area contributed by atoms with Gasteiger partial charge in [0.25, 0.3) is 0 Å². The van der Waals surface area contributed by atoms with Gasteiger partial charge in [0.05, 0.1) is 5.41 Å². The summed E-state index contributed by atoms with van der Waals surface area (Å²) in [6.45, 7) is 12.7. The molecule has 0 heterocycles. The van der Waals surface area contributed by atoms with Crippen molar-refractivity contribution in [3.05, 3.63) is 24.8 Å². The van der Waals surface area contributed by atoms with E-state index < -0.39 is 11.4 Å². The van der Waals surface area contributed by atoms with Crippen LogP contribution in [0.3, 0.4) is 0 Å². The van der Waals surface area contributed by atoms with Crippen LogP contribution in [0.15, 0.2) is 24.8 Å². The molecule has 0 aliphatic heterocycles. The van der Waals surface area contributed by atoms with Crippen LogP contribution < -0.4 is 0 Å². The summed E-state index contributed by atoms with van der Waals surface area (Å²) in [5.74, 6) is 1.45. The maximum atomic E-state index is 12.0. The Bertz CT molecular complexity index is 508. The molecule has 2 heteroatoms. The molecule has 3 saturated carbocycles. The van der Waals surface area contributed by atoms with Gasteiger partial charge in [-0.05, 0) is 68.6 Å². The Labute approximate surface area is 134 Å². The predicted octanol–water partition coefficient (Wildman–Crippen LogP) is 5.06. The first kappa shape index (κ1) is 15.8. The quantitative estimate of drug-likeness (QED) is 0.724. The molecule has 2 nitrogen and oxygen atoms in total. The molecule has 3 rings (SSSR count). The van der Waals surface area contributed by atoms with Gasteiger partial charge in [-0.1, -0.05) is 31.6 Å². The van der Waals surface area contributed by atoms with Crippen LogP contribution in [0.1, 0.15) is 58.8 Å². The molecule has 0 aromatic rings. The lowest BCUT2D eigenvalue weighted by atomic mass is 9.43. The van der Waals surface area contributed by atoms with E-state index in [1.54, 1.807) is 0 Å². The third kappa shape index (κ3) is 2.02.